The molecular weight excluding hydrogens is 368 g/mol. The van der Waals surface area contributed by atoms with E-state index in [2.05, 4.69) is 5.32 Å². The van der Waals surface area contributed by atoms with E-state index in [1.807, 2.05) is 49.4 Å². The Morgan fingerprint density at radius 2 is 1.77 bits per heavy atom. The van der Waals surface area contributed by atoms with Crippen molar-refractivity contribution in [3.63, 3.8) is 0 Å². The van der Waals surface area contributed by atoms with Crippen LogP contribution in [-0.4, -0.2) is 35.1 Å². The van der Waals surface area contributed by atoms with Crippen LogP contribution >= 0.6 is 23.4 Å². The molecule has 2 amide bonds. The second-order valence-corrected chi connectivity index (χ2v) is 7.31. The molecule has 0 aliphatic carbocycles. The number of thioether (sulfide) groups is 1. The van der Waals surface area contributed by atoms with Crippen molar-refractivity contribution >= 4 is 35.2 Å². The highest BCUT2D eigenvalue weighted by molar-refractivity contribution is 8.00. The predicted octanol–water partition coefficient (Wildman–Crippen LogP) is 3.99. The van der Waals surface area contributed by atoms with Crippen LogP contribution in [0.3, 0.4) is 0 Å². The summed E-state index contributed by atoms with van der Waals surface area (Å²) >= 11 is 7.33. The zero-order valence-electron chi connectivity index (χ0n) is 14.9. The Balaban J connectivity index is 2.09. The maximum Gasteiger partial charge on any atom is 0.242 e. The van der Waals surface area contributed by atoms with Gasteiger partial charge >= 0.3 is 0 Å². The van der Waals surface area contributed by atoms with Gasteiger partial charge in [0.25, 0.3) is 0 Å². The lowest BCUT2D eigenvalue weighted by Crippen LogP contribution is -2.48. The van der Waals surface area contributed by atoms with Gasteiger partial charge < -0.3 is 10.2 Å². The first kappa shape index (κ1) is 20.3. The van der Waals surface area contributed by atoms with Crippen LogP contribution in [0.1, 0.15) is 19.4 Å². The molecule has 2 aromatic rings. The lowest BCUT2D eigenvalue weighted by atomic mass is 10.1. The van der Waals surface area contributed by atoms with Gasteiger partial charge in [0.05, 0.1) is 5.75 Å². The maximum atomic E-state index is 12.8. The summed E-state index contributed by atoms with van der Waals surface area (Å²) in [4.78, 5) is 27.7. The quantitative estimate of drug-likeness (QED) is 0.693. The summed E-state index contributed by atoms with van der Waals surface area (Å²) in [7, 11) is 0. The van der Waals surface area contributed by atoms with Gasteiger partial charge in [-0.3, -0.25) is 9.59 Å². The molecule has 0 unspecified atom stereocenters. The van der Waals surface area contributed by atoms with Gasteiger partial charge in [-0.1, -0.05) is 41.9 Å². The zero-order valence-corrected chi connectivity index (χ0v) is 16.5. The summed E-state index contributed by atoms with van der Waals surface area (Å²) < 4.78 is 0. The van der Waals surface area contributed by atoms with Gasteiger partial charge in [-0.05, 0) is 43.7 Å². The number of likely N-dealkylation sites (N-methyl/N-ethyl adjacent to an activating group) is 1. The predicted molar refractivity (Wildman–Crippen MR) is 107 cm³/mol. The molecule has 0 aromatic heterocycles. The first-order valence-corrected chi connectivity index (χ1v) is 9.87. The van der Waals surface area contributed by atoms with E-state index in [4.69, 9.17) is 11.6 Å². The molecule has 0 saturated carbocycles. The number of rotatable bonds is 8. The van der Waals surface area contributed by atoms with Crippen LogP contribution in [0.2, 0.25) is 5.02 Å². The van der Waals surface area contributed by atoms with Crippen LogP contribution in [0.15, 0.2) is 59.5 Å². The molecule has 0 saturated heterocycles. The van der Waals surface area contributed by atoms with Gasteiger partial charge in [0.2, 0.25) is 11.8 Å². The molecule has 2 aromatic carbocycles. The summed E-state index contributed by atoms with van der Waals surface area (Å²) in [6.07, 6.45) is 0. The monoisotopic (exact) mass is 390 g/mol. The van der Waals surface area contributed by atoms with Crippen molar-refractivity contribution in [1.29, 1.82) is 0 Å². The zero-order chi connectivity index (χ0) is 18.9. The van der Waals surface area contributed by atoms with Crippen LogP contribution < -0.4 is 5.32 Å². The molecular formula is C20H23ClN2O2S. The van der Waals surface area contributed by atoms with E-state index in [0.29, 0.717) is 18.1 Å². The average molecular weight is 391 g/mol. The van der Waals surface area contributed by atoms with Gasteiger partial charge in [0.1, 0.15) is 6.04 Å². The van der Waals surface area contributed by atoms with E-state index >= 15 is 0 Å². The molecule has 0 spiro atoms. The largest absolute Gasteiger partial charge is 0.355 e. The van der Waals surface area contributed by atoms with Crippen LogP contribution in [-0.2, 0) is 16.1 Å². The third kappa shape index (κ3) is 6.07. The summed E-state index contributed by atoms with van der Waals surface area (Å²) in [6, 6.07) is 16.5. The Morgan fingerprint density at radius 1 is 1.12 bits per heavy atom. The molecule has 26 heavy (non-hydrogen) atoms. The van der Waals surface area contributed by atoms with Gasteiger partial charge in [-0.2, -0.15) is 0 Å². The number of halogens is 1. The lowest BCUT2D eigenvalue weighted by Gasteiger charge is -2.28. The summed E-state index contributed by atoms with van der Waals surface area (Å²) in [5.74, 6) is 0.0407. The van der Waals surface area contributed by atoms with Gasteiger partial charge in [0, 0.05) is 23.0 Å². The van der Waals surface area contributed by atoms with Gasteiger partial charge in [0.15, 0.2) is 0 Å². The number of hydrogen-bond donors (Lipinski definition) is 1. The van der Waals surface area contributed by atoms with E-state index < -0.39 is 6.04 Å². The molecule has 0 heterocycles. The average Bonchev–Trinajstić information content (AvgIpc) is 2.66. The normalized spacial score (nSPS) is 11.7. The molecule has 1 atom stereocenters. The Kier molecular flexibility index (Phi) is 8.01. The lowest BCUT2D eigenvalue weighted by molar-refractivity contribution is -0.138. The number of amides is 2. The highest BCUT2D eigenvalue weighted by Crippen LogP contribution is 2.21. The van der Waals surface area contributed by atoms with Crippen molar-refractivity contribution in [3.05, 3.63) is 65.2 Å². The van der Waals surface area contributed by atoms with Crippen molar-refractivity contribution in [2.45, 2.75) is 31.3 Å². The van der Waals surface area contributed by atoms with E-state index in [-0.39, 0.29) is 17.6 Å². The molecule has 0 aliphatic heterocycles. The number of hydrogen-bond acceptors (Lipinski definition) is 3. The van der Waals surface area contributed by atoms with Crippen molar-refractivity contribution in [3.8, 4) is 0 Å². The van der Waals surface area contributed by atoms with Crippen LogP contribution in [0.25, 0.3) is 0 Å². The molecule has 6 heteroatoms. The molecule has 138 valence electrons. The van der Waals surface area contributed by atoms with Crippen molar-refractivity contribution in [1.82, 2.24) is 10.2 Å². The minimum Gasteiger partial charge on any atom is -0.355 e. The molecule has 0 bridgehead atoms. The standard InChI is InChI=1S/C20H23ClN2O2S/c1-3-22-20(25)15(2)23(13-16-7-5-4-6-8-16)19(24)14-26-18-11-9-17(21)10-12-18/h4-12,15H,3,13-14H2,1-2H3,(H,22,25)/t15-/m1/s1. The molecule has 0 fully saturated rings. The van der Waals surface area contributed by atoms with Crippen LogP contribution in [0.4, 0.5) is 0 Å². The summed E-state index contributed by atoms with van der Waals surface area (Å²) in [6.45, 7) is 4.57. The summed E-state index contributed by atoms with van der Waals surface area (Å²) in [5, 5.41) is 3.46. The first-order valence-electron chi connectivity index (χ1n) is 8.50. The smallest absolute Gasteiger partial charge is 0.242 e. The third-order valence-corrected chi connectivity index (χ3v) is 5.14. The third-order valence-electron chi connectivity index (χ3n) is 3.89. The Bertz CT molecular complexity index is 722. The first-order chi connectivity index (χ1) is 12.5. The molecule has 0 aliphatic rings. The number of carbonyl (C=O) groups excluding carboxylic acids is 2. The number of carbonyl (C=O) groups is 2. The fraction of sp³-hybridized carbons (Fsp3) is 0.300. The molecule has 0 radical (unpaired) electrons. The van der Waals surface area contributed by atoms with Crippen molar-refractivity contribution in [2.75, 3.05) is 12.3 Å². The summed E-state index contributed by atoms with van der Waals surface area (Å²) in [5.41, 5.74) is 0.994. The molecule has 2 rings (SSSR count). The minimum absolute atomic E-state index is 0.0763. The fourth-order valence-electron chi connectivity index (χ4n) is 2.44. The number of nitrogens with zero attached hydrogens (tertiary/aromatic N) is 1. The fourth-order valence-corrected chi connectivity index (χ4v) is 3.35. The van der Waals surface area contributed by atoms with Gasteiger partial charge in [-0.15, -0.1) is 11.8 Å². The number of nitrogens with one attached hydrogen (secondary N) is 1. The second-order valence-electron chi connectivity index (χ2n) is 5.82. The number of benzene rings is 2. The molecule has 4 nitrogen and oxygen atoms in total. The van der Waals surface area contributed by atoms with E-state index in [9.17, 15) is 9.59 Å². The Labute approximate surface area is 163 Å². The second kappa shape index (κ2) is 10.2. The van der Waals surface area contributed by atoms with Crippen LogP contribution in [0, 0.1) is 0 Å². The van der Waals surface area contributed by atoms with Crippen molar-refractivity contribution in [2.24, 2.45) is 0 Å². The highest BCUT2D eigenvalue weighted by Gasteiger charge is 2.25. The van der Waals surface area contributed by atoms with Crippen molar-refractivity contribution < 1.29 is 9.59 Å². The van der Waals surface area contributed by atoms with E-state index in [0.717, 1.165) is 10.5 Å². The topological polar surface area (TPSA) is 49.4 Å². The minimum atomic E-state index is -0.534. The highest BCUT2D eigenvalue weighted by atomic mass is 35.5. The SMILES string of the molecule is CCNC(=O)[C@@H](C)N(Cc1ccccc1)C(=O)CSc1ccc(Cl)cc1. The maximum absolute atomic E-state index is 12.8. The van der Waals surface area contributed by atoms with Gasteiger partial charge in [-0.25, -0.2) is 0 Å². The Hall–Kier alpha value is -1.98. The van der Waals surface area contributed by atoms with E-state index in [1.165, 1.54) is 11.8 Å². The van der Waals surface area contributed by atoms with E-state index in [1.54, 1.807) is 24.0 Å². The molecule has 1 N–H and O–H groups in total. The van der Waals surface area contributed by atoms with Crippen LogP contribution in [0.5, 0.6) is 0 Å². The Morgan fingerprint density at radius 3 is 2.38 bits per heavy atom.